The SMILES string of the molecule is C=Cc1ccc(N2CCN(C=O)CC2)nc1C. The summed E-state index contributed by atoms with van der Waals surface area (Å²) in [7, 11) is 0. The molecule has 0 bridgehead atoms. The molecule has 0 unspecified atom stereocenters. The lowest BCUT2D eigenvalue weighted by atomic mass is 10.2. The zero-order valence-corrected chi connectivity index (χ0v) is 10.1. The van der Waals surface area contributed by atoms with Crippen molar-refractivity contribution < 1.29 is 4.79 Å². The second kappa shape index (κ2) is 4.99. The van der Waals surface area contributed by atoms with Crippen molar-refractivity contribution in [3.8, 4) is 0 Å². The molecular formula is C13H17N3O. The molecule has 1 aliphatic rings. The maximum absolute atomic E-state index is 10.6. The van der Waals surface area contributed by atoms with Gasteiger partial charge in [-0.15, -0.1) is 0 Å². The van der Waals surface area contributed by atoms with E-state index in [2.05, 4.69) is 16.5 Å². The average Bonchev–Trinajstić information content (AvgIpc) is 2.39. The number of hydrogen-bond donors (Lipinski definition) is 0. The Hall–Kier alpha value is -1.84. The Labute approximate surface area is 102 Å². The standard InChI is InChI=1S/C13H17N3O/c1-3-12-4-5-13(14-11(12)2)16-8-6-15(10-17)7-9-16/h3-5,10H,1,6-9H2,2H3. The third-order valence-corrected chi connectivity index (χ3v) is 3.12. The number of carbonyl (C=O) groups is 1. The molecule has 1 amide bonds. The number of carbonyl (C=O) groups excluding carboxylic acids is 1. The fourth-order valence-electron chi connectivity index (χ4n) is 2.01. The van der Waals surface area contributed by atoms with E-state index >= 15 is 0 Å². The average molecular weight is 231 g/mol. The first-order valence-electron chi connectivity index (χ1n) is 5.79. The third-order valence-electron chi connectivity index (χ3n) is 3.12. The van der Waals surface area contributed by atoms with Crippen molar-refractivity contribution in [2.45, 2.75) is 6.92 Å². The van der Waals surface area contributed by atoms with Crippen molar-refractivity contribution in [3.05, 3.63) is 30.0 Å². The molecule has 0 atom stereocenters. The number of amides is 1. The second-order valence-electron chi connectivity index (χ2n) is 4.18. The quantitative estimate of drug-likeness (QED) is 0.736. The van der Waals surface area contributed by atoms with Crippen LogP contribution in [0.15, 0.2) is 18.7 Å². The first-order valence-corrected chi connectivity index (χ1v) is 5.79. The highest BCUT2D eigenvalue weighted by atomic mass is 16.1. The molecular weight excluding hydrogens is 214 g/mol. The van der Waals surface area contributed by atoms with E-state index in [-0.39, 0.29) is 0 Å². The van der Waals surface area contributed by atoms with Gasteiger partial charge in [0.05, 0.1) is 0 Å². The van der Waals surface area contributed by atoms with Gasteiger partial charge >= 0.3 is 0 Å². The summed E-state index contributed by atoms with van der Waals surface area (Å²) in [5.74, 6) is 0.985. The molecule has 4 heteroatoms. The lowest BCUT2D eigenvalue weighted by Gasteiger charge is -2.33. The molecule has 4 nitrogen and oxygen atoms in total. The van der Waals surface area contributed by atoms with Crippen LogP contribution in [0, 0.1) is 6.92 Å². The van der Waals surface area contributed by atoms with E-state index in [4.69, 9.17) is 0 Å². The van der Waals surface area contributed by atoms with Crippen LogP contribution < -0.4 is 4.90 Å². The largest absolute Gasteiger partial charge is 0.353 e. The van der Waals surface area contributed by atoms with E-state index in [9.17, 15) is 4.79 Å². The maximum Gasteiger partial charge on any atom is 0.209 e. The van der Waals surface area contributed by atoms with Gasteiger partial charge in [-0.3, -0.25) is 4.79 Å². The molecule has 2 heterocycles. The predicted molar refractivity (Wildman–Crippen MR) is 68.9 cm³/mol. The van der Waals surface area contributed by atoms with E-state index in [1.54, 1.807) is 4.90 Å². The van der Waals surface area contributed by atoms with Crippen LogP contribution in [0.5, 0.6) is 0 Å². The van der Waals surface area contributed by atoms with Gasteiger partial charge in [0.15, 0.2) is 0 Å². The van der Waals surface area contributed by atoms with Gasteiger partial charge in [0.25, 0.3) is 0 Å². The molecule has 1 saturated heterocycles. The molecule has 1 aromatic heterocycles. The molecule has 2 rings (SSSR count). The number of piperazine rings is 1. The topological polar surface area (TPSA) is 36.4 Å². The highest BCUT2D eigenvalue weighted by Gasteiger charge is 2.16. The van der Waals surface area contributed by atoms with Crippen molar-refractivity contribution in [2.24, 2.45) is 0 Å². The molecule has 0 radical (unpaired) electrons. The summed E-state index contributed by atoms with van der Waals surface area (Å²) in [6.07, 6.45) is 2.73. The predicted octanol–water partition coefficient (Wildman–Crippen LogP) is 1.31. The van der Waals surface area contributed by atoms with Crippen LogP contribution in [-0.4, -0.2) is 42.5 Å². The number of nitrogens with zero attached hydrogens (tertiary/aromatic N) is 3. The van der Waals surface area contributed by atoms with E-state index in [1.165, 1.54) is 0 Å². The lowest BCUT2D eigenvalue weighted by molar-refractivity contribution is -0.118. The van der Waals surface area contributed by atoms with Gasteiger partial charge in [0, 0.05) is 31.9 Å². The van der Waals surface area contributed by atoms with Crippen molar-refractivity contribution in [3.63, 3.8) is 0 Å². The number of anilines is 1. The van der Waals surface area contributed by atoms with Gasteiger partial charge in [0.1, 0.15) is 5.82 Å². The summed E-state index contributed by atoms with van der Waals surface area (Å²) in [6.45, 7) is 8.98. The Morgan fingerprint density at radius 3 is 2.53 bits per heavy atom. The van der Waals surface area contributed by atoms with Crippen molar-refractivity contribution in [2.75, 3.05) is 31.1 Å². The minimum Gasteiger partial charge on any atom is -0.353 e. The van der Waals surface area contributed by atoms with E-state index in [0.29, 0.717) is 0 Å². The summed E-state index contributed by atoms with van der Waals surface area (Å²) in [6, 6.07) is 4.05. The Morgan fingerprint density at radius 2 is 2.00 bits per heavy atom. The molecule has 17 heavy (non-hydrogen) atoms. The molecule has 1 aliphatic heterocycles. The van der Waals surface area contributed by atoms with Crippen LogP contribution in [-0.2, 0) is 4.79 Å². The molecule has 0 saturated carbocycles. The number of rotatable bonds is 3. The fraction of sp³-hybridized carbons (Fsp3) is 0.385. The summed E-state index contributed by atoms with van der Waals surface area (Å²) < 4.78 is 0. The van der Waals surface area contributed by atoms with Gasteiger partial charge in [-0.05, 0) is 24.6 Å². The normalized spacial score (nSPS) is 15.8. The zero-order chi connectivity index (χ0) is 12.3. The van der Waals surface area contributed by atoms with E-state index in [1.807, 2.05) is 25.1 Å². The molecule has 1 fully saturated rings. The van der Waals surface area contributed by atoms with Crippen molar-refractivity contribution >= 4 is 18.3 Å². The summed E-state index contributed by atoms with van der Waals surface area (Å²) in [5, 5.41) is 0. The second-order valence-corrected chi connectivity index (χ2v) is 4.18. The van der Waals surface area contributed by atoms with Gasteiger partial charge < -0.3 is 9.80 Å². The van der Waals surface area contributed by atoms with Crippen LogP contribution in [0.2, 0.25) is 0 Å². The van der Waals surface area contributed by atoms with Crippen molar-refractivity contribution in [1.82, 2.24) is 9.88 Å². The van der Waals surface area contributed by atoms with Crippen LogP contribution in [0.1, 0.15) is 11.3 Å². The number of hydrogen-bond acceptors (Lipinski definition) is 3. The Balaban J connectivity index is 2.10. The minimum atomic E-state index is 0.771. The molecule has 0 spiro atoms. The summed E-state index contributed by atoms with van der Waals surface area (Å²) in [5.41, 5.74) is 2.07. The maximum atomic E-state index is 10.6. The number of pyridine rings is 1. The van der Waals surface area contributed by atoms with Gasteiger partial charge in [-0.2, -0.15) is 0 Å². The van der Waals surface area contributed by atoms with E-state index in [0.717, 1.165) is 49.7 Å². The van der Waals surface area contributed by atoms with Crippen LogP contribution >= 0.6 is 0 Å². The monoisotopic (exact) mass is 231 g/mol. The van der Waals surface area contributed by atoms with Gasteiger partial charge in [-0.25, -0.2) is 4.98 Å². The molecule has 1 aromatic rings. The first kappa shape index (κ1) is 11.6. The first-order chi connectivity index (χ1) is 8.24. The van der Waals surface area contributed by atoms with Crippen molar-refractivity contribution in [1.29, 1.82) is 0 Å². The molecule has 0 aromatic carbocycles. The Bertz CT molecular complexity index is 423. The Kier molecular flexibility index (Phi) is 3.42. The Morgan fingerprint density at radius 1 is 1.29 bits per heavy atom. The number of aryl methyl sites for hydroxylation is 1. The van der Waals surface area contributed by atoms with Crippen LogP contribution in [0.4, 0.5) is 5.82 Å². The lowest BCUT2D eigenvalue weighted by Crippen LogP contribution is -2.46. The molecule has 0 aliphatic carbocycles. The fourth-order valence-corrected chi connectivity index (χ4v) is 2.01. The smallest absolute Gasteiger partial charge is 0.209 e. The zero-order valence-electron chi connectivity index (χ0n) is 10.1. The summed E-state index contributed by atoms with van der Waals surface area (Å²) in [4.78, 5) is 19.2. The highest BCUT2D eigenvalue weighted by Crippen LogP contribution is 2.16. The van der Waals surface area contributed by atoms with Gasteiger partial charge in [-0.1, -0.05) is 12.7 Å². The third kappa shape index (κ3) is 2.46. The highest BCUT2D eigenvalue weighted by molar-refractivity contribution is 5.54. The summed E-state index contributed by atoms with van der Waals surface area (Å²) >= 11 is 0. The molecule has 90 valence electrons. The number of aromatic nitrogens is 1. The van der Waals surface area contributed by atoms with Crippen LogP contribution in [0.3, 0.4) is 0 Å². The van der Waals surface area contributed by atoms with E-state index < -0.39 is 0 Å². The van der Waals surface area contributed by atoms with Crippen LogP contribution in [0.25, 0.3) is 6.08 Å². The minimum absolute atomic E-state index is 0.771. The molecule has 0 N–H and O–H groups in total. The van der Waals surface area contributed by atoms with Gasteiger partial charge in [0.2, 0.25) is 6.41 Å².